The molecule has 1 aromatic heterocycles. The Morgan fingerprint density at radius 1 is 1.21 bits per heavy atom. The zero-order valence-electron chi connectivity index (χ0n) is 17.3. The number of aromatic nitrogens is 1. The third-order valence-electron chi connectivity index (χ3n) is 5.76. The second-order valence-electron chi connectivity index (χ2n) is 7.80. The van der Waals surface area contributed by atoms with Gasteiger partial charge in [0.15, 0.2) is 5.96 Å². The summed E-state index contributed by atoms with van der Waals surface area (Å²) in [6.07, 6.45) is 5.70. The summed E-state index contributed by atoms with van der Waals surface area (Å²) in [6, 6.07) is 14.3. The van der Waals surface area contributed by atoms with Crippen LogP contribution in [0.15, 0.2) is 47.5 Å². The predicted octanol–water partition coefficient (Wildman–Crippen LogP) is 3.98. The van der Waals surface area contributed by atoms with Crippen molar-refractivity contribution >= 4 is 5.96 Å². The molecule has 2 N–H and O–H groups in total. The summed E-state index contributed by atoms with van der Waals surface area (Å²) < 4.78 is 11.7. The van der Waals surface area contributed by atoms with Crippen molar-refractivity contribution in [1.29, 1.82) is 0 Å². The van der Waals surface area contributed by atoms with Crippen LogP contribution in [-0.2, 0) is 6.54 Å². The van der Waals surface area contributed by atoms with E-state index in [9.17, 15) is 0 Å². The number of pyridine rings is 1. The lowest BCUT2D eigenvalue weighted by Gasteiger charge is -2.40. The van der Waals surface area contributed by atoms with E-state index in [0.717, 1.165) is 43.2 Å². The molecule has 1 atom stereocenters. The summed E-state index contributed by atoms with van der Waals surface area (Å²) in [5, 5.41) is 7.04. The van der Waals surface area contributed by atoms with Gasteiger partial charge in [0, 0.05) is 24.6 Å². The highest BCUT2D eigenvalue weighted by Gasteiger charge is 2.43. The van der Waals surface area contributed by atoms with Crippen LogP contribution in [0.3, 0.4) is 0 Å². The minimum absolute atomic E-state index is 0.0440. The molecular formula is C23H30N4O2. The first kappa shape index (κ1) is 19.6. The number of benzene rings is 1. The van der Waals surface area contributed by atoms with Crippen molar-refractivity contribution in [2.75, 3.05) is 13.7 Å². The lowest BCUT2D eigenvalue weighted by molar-refractivity contribution is 0.0396. The van der Waals surface area contributed by atoms with Crippen molar-refractivity contribution in [1.82, 2.24) is 15.6 Å². The van der Waals surface area contributed by atoms with Crippen LogP contribution in [0.5, 0.6) is 11.6 Å². The standard InChI is InChI=1S/C23H30N4O2/c1-3-24-22(25-16-17-9-8-12-21(26-17)28-2)27-19-15-23(13-6-7-14-23)29-20-11-5-4-10-18(19)20/h4-5,8-12,19H,3,6-7,13-16H2,1-2H3,(H2,24,25,27). The highest BCUT2D eigenvalue weighted by molar-refractivity contribution is 5.80. The minimum Gasteiger partial charge on any atom is -0.487 e. The van der Waals surface area contributed by atoms with Gasteiger partial charge in [-0.3, -0.25) is 0 Å². The van der Waals surface area contributed by atoms with Gasteiger partial charge in [0.1, 0.15) is 11.4 Å². The van der Waals surface area contributed by atoms with Crippen molar-refractivity contribution in [3.63, 3.8) is 0 Å². The number of para-hydroxylation sites is 1. The third-order valence-corrected chi connectivity index (χ3v) is 5.76. The SMILES string of the molecule is CCNC(=NCc1cccc(OC)n1)NC1CC2(CCCC2)Oc2ccccc21. The summed E-state index contributed by atoms with van der Waals surface area (Å²) in [6.45, 7) is 3.37. The fraction of sp³-hybridized carbons (Fsp3) is 0.478. The molecule has 4 rings (SSSR count). The smallest absolute Gasteiger partial charge is 0.213 e. The monoisotopic (exact) mass is 394 g/mol. The Bertz CT molecular complexity index is 861. The number of fused-ring (bicyclic) bond motifs is 1. The van der Waals surface area contributed by atoms with E-state index in [0.29, 0.717) is 12.4 Å². The number of hydrogen-bond donors (Lipinski definition) is 2. The number of guanidine groups is 1. The molecule has 2 heterocycles. The second kappa shape index (κ2) is 8.72. The van der Waals surface area contributed by atoms with E-state index in [1.165, 1.54) is 18.4 Å². The topological polar surface area (TPSA) is 67.8 Å². The number of ether oxygens (including phenoxy) is 2. The first-order valence-corrected chi connectivity index (χ1v) is 10.5. The molecule has 0 saturated heterocycles. The highest BCUT2D eigenvalue weighted by atomic mass is 16.5. The van der Waals surface area contributed by atoms with Crippen LogP contribution in [0.2, 0.25) is 0 Å². The van der Waals surface area contributed by atoms with E-state index < -0.39 is 0 Å². The first-order valence-electron chi connectivity index (χ1n) is 10.5. The van der Waals surface area contributed by atoms with Crippen LogP contribution in [0, 0.1) is 0 Å². The van der Waals surface area contributed by atoms with Crippen molar-refractivity contribution in [2.24, 2.45) is 4.99 Å². The third kappa shape index (κ3) is 4.47. The Hall–Kier alpha value is -2.76. The van der Waals surface area contributed by atoms with Crippen LogP contribution in [0.4, 0.5) is 0 Å². The molecule has 0 radical (unpaired) electrons. The van der Waals surface area contributed by atoms with Crippen molar-refractivity contribution in [3.8, 4) is 11.6 Å². The fourth-order valence-electron chi connectivity index (χ4n) is 4.38. The molecule has 1 aliphatic carbocycles. The highest BCUT2D eigenvalue weighted by Crippen LogP contribution is 2.46. The maximum Gasteiger partial charge on any atom is 0.213 e. The summed E-state index contributed by atoms with van der Waals surface area (Å²) in [4.78, 5) is 9.24. The molecule has 1 aliphatic heterocycles. The molecule has 6 nitrogen and oxygen atoms in total. The quantitative estimate of drug-likeness (QED) is 0.593. The molecule has 6 heteroatoms. The molecule has 1 aromatic carbocycles. The lowest BCUT2D eigenvalue weighted by atomic mass is 9.86. The fourth-order valence-corrected chi connectivity index (χ4v) is 4.38. The molecule has 2 aliphatic rings. The zero-order chi connectivity index (χ0) is 20.1. The van der Waals surface area contributed by atoms with E-state index in [1.54, 1.807) is 7.11 Å². The average Bonchev–Trinajstić information content (AvgIpc) is 3.19. The molecule has 1 spiro atoms. The molecule has 0 bridgehead atoms. The summed E-state index contributed by atoms with van der Waals surface area (Å²) >= 11 is 0. The van der Waals surface area contributed by atoms with Crippen LogP contribution < -0.4 is 20.1 Å². The Morgan fingerprint density at radius 3 is 2.83 bits per heavy atom. The number of nitrogens with one attached hydrogen (secondary N) is 2. The van der Waals surface area contributed by atoms with Gasteiger partial charge in [-0.25, -0.2) is 9.98 Å². The number of rotatable bonds is 5. The Morgan fingerprint density at radius 2 is 2.03 bits per heavy atom. The van der Waals surface area contributed by atoms with Gasteiger partial charge in [-0.2, -0.15) is 0 Å². The number of aliphatic imine (C=N–C) groups is 1. The van der Waals surface area contributed by atoms with Gasteiger partial charge in [0.25, 0.3) is 0 Å². The molecular weight excluding hydrogens is 364 g/mol. The van der Waals surface area contributed by atoms with E-state index in [4.69, 9.17) is 14.5 Å². The predicted molar refractivity (Wildman–Crippen MR) is 114 cm³/mol. The first-order chi connectivity index (χ1) is 14.2. The molecule has 29 heavy (non-hydrogen) atoms. The van der Waals surface area contributed by atoms with Crippen molar-refractivity contribution < 1.29 is 9.47 Å². The number of hydrogen-bond acceptors (Lipinski definition) is 4. The molecule has 1 fully saturated rings. The zero-order valence-corrected chi connectivity index (χ0v) is 17.3. The van der Waals surface area contributed by atoms with E-state index >= 15 is 0 Å². The average molecular weight is 395 g/mol. The van der Waals surface area contributed by atoms with Gasteiger partial charge in [-0.1, -0.05) is 24.3 Å². The Labute approximate surface area is 172 Å². The molecule has 1 saturated carbocycles. The number of methoxy groups -OCH3 is 1. The Kier molecular flexibility index (Phi) is 5.88. The van der Waals surface area contributed by atoms with Gasteiger partial charge in [0.2, 0.25) is 5.88 Å². The van der Waals surface area contributed by atoms with Gasteiger partial charge in [0.05, 0.1) is 25.4 Å². The molecule has 154 valence electrons. The van der Waals surface area contributed by atoms with Crippen molar-refractivity contribution in [2.45, 2.75) is 57.2 Å². The van der Waals surface area contributed by atoms with E-state index in [2.05, 4.69) is 46.8 Å². The van der Waals surface area contributed by atoms with Gasteiger partial charge in [-0.05, 0) is 44.7 Å². The molecule has 2 aromatic rings. The van der Waals surface area contributed by atoms with E-state index in [-0.39, 0.29) is 11.6 Å². The molecule has 0 amide bonds. The lowest BCUT2D eigenvalue weighted by Crippen LogP contribution is -2.46. The summed E-state index contributed by atoms with van der Waals surface area (Å²) in [5.41, 5.74) is 2.04. The maximum absolute atomic E-state index is 6.48. The van der Waals surface area contributed by atoms with Crippen LogP contribution >= 0.6 is 0 Å². The van der Waals surface area contributed by atoms with Crippen LogP contribution in [0.1, 0.15) is 56.3 Å². The normalized spacial score (nSPS) is 20.1. The summed E-state index contributed by atoms with van der Waals surface area (Å²) in [7, 11) is 1.63. The largest absolute Gasteiger partial charge is 0.487 e. The second-order valence-corrected chi connectivity index (χ2v) is 7.80. The summed E-state index contributed by atoms with van der Waals surface area (Å²) in [5.74, 6) is 2.41. The van der Waals surface area contributed by atoms with E-state index in [1.807, 2.05) is 18.2 Å². The van der Waals surface area contributed by atoms with Crippen LogP contribution in [0.25, 0.3) is 0 Å². The maximum atomic E-state index is 6.48. The van der Waals surface area contributed by atoms with Crippen LogP contribution in [-0.4, -0.2) is 30.2 Å². The van der Waals surface area contributed by atoms with Gasteiger partial charge >= 0.3 is 0 Å². The minimum atomic E-state index is -0.0440. The van der Waals surface area contributed by atoms with Gasteiger partial charge < -0.3 is 20.1 Å². The molecule has 1 unspecified atom stereocenters. The van der Waals surface area contributed by atoms with Gasteiger partial charge in [-0.15, -0.1) is 0 Å². The number of nitrogens with zero attached hydrogens (tertiary/aromatic N) is 2. The Balaban J connectivity index is 1.55. The van der Waals surface area contributed by atoms with Crippen molar-refractivity contribution in [3.05, 3.63) is 53.7 Å².